The Morgan fingerprint density at radius 3 is 1.91 bits per heavy atom. The first-order valence-corrected chi connectivity index (χ1v) is 18.6. The van der Waals surface area contributed by atoms with Crippen molar-refractivity contribution in [3.63, 3.8) is 0 Å². The fraction of sp³-hybridized carbons (Fsp3) is 0.160. The summed E-state index contributed by atoms with van der Waals surface area (Å²) in [5.41, 5.74) is 13.9. The number of pyridine rings is 1. The minimum Gasteiger partial charge on any atom is -0.507 e. The van der Waals surface area contributed by atoms with Crippen molar-refractivity contribution < 1.29 is 26.2 Å². The molecule has 0 bridgehead atoms. The van der Waals surface area contributed by atoms with Crippen LogP contribution in [0.5, 0.6) is 5.75 Å². The molecule has 0 saturated carbocycles. The second-order valence-corrected chi connectivity index (χ2v) is 16.0. The number of fused-ring (bicyclic) bond motifs is 1. The molecule has 0 amide bonds. The second kappa shape index (κ2) is 14.9. The molecule has 8 aromatic rings. The zero-order valence-corrected chi connectivity index (χ0v) is 34.3. The first-order chi connectivity index (χ1) is 26.0. The predicted molar refractivity (Wildman–Crippen MR) is 224 cm³/mol. The number of nitrogens with zero attached hydrogens (tertiary/aromatic N) is 3. The minimum absolute atomic E-state index is 0. The van der Waals surface area contributed by atoms with E-state index in [0.29, 0.717) is 11.4 Å². The maximum absolute atomic E-state index is 11.3. The monoisotopic (exact) mass is 897 g/mol. The van der Waals surface area contributed by atoms with Gasteiger partial charge in [0.05, 0.1) is 16.6 Å². The Hall–Kier alpha value is -5.57. The van der Waals surface area contributed by atoms with Gasteiger partial charge >= 0.3 is 0 Å². The summed E-state index contributed by atoms with van der Waals surface area (Å²) in [7, 11) is 0. The first kappa shape index (κ1) is 37.7. The van der Waals surface area contributed by atoms with Crippen LogP contribution in [0, 0.1) is 6.07 Å². The number of hydrogen-bond acceptors (Lipinski definition) is 3. The van der Waals surface area contributed by atoms with E-state index in [-0.39, 0.29) is 37.6 Å². The number of aromatic nitrogens is 3. The first-order valence-electron chi connectivity index (χ1n) is 18.6. The van der Waals surface area contributed by atoms with Crippen LogP contribution in [0.3, 0.4) is 0 Å². The van der Waals surface area contributed by atoms with Crippen LogP contribution in [0.15, 0.2) is 152 Å². The Morgan fingerprint density at radius 1 is 0.564 bits per heavy atom. The van der Waals surface area contributed by atoms with Crippen LogP contribution < -0.4 is 0 Å². The van der Waals surface area contributed by atoms with Crippen LogP contribution in [0.2, 0.25) is 0 Å². The number of phenolic OH excluding ortho intramolecular Hbond substituents is 1. The van der Waals surface area contributed by atoms with Gasteiger partial charge in [0, 0.05) is 38.6 Å². The van der Waals surface area contributed by atoms with Crippen molar-refractivity contribution in [1.29, 1.82) is 0 Å². The van der Waals surface area contributed by atoms with E-state index in [1.54, 1.807) is 6.07 Å². The van der Waals surface area contributed by atoms with E-state index in [1.807, 2.05) is 30.5 Å². The van der Waals surface area contributed by atoms with Gasteiger partial charge in [-0.15, -0.1) is 29.3 Å². The van der Waals surface area contributed by atoms with E-state index in [2.05, 4.69) is 167 Å². The van der Waals surface area contributed by atoms with Gasteiger partial charge in [0.2, 0.25) is 0 Å². The van der Waals surface area contributed by atoms with Crippen molar-refractivity contribution in [1.82, 2.24) is 14.5 Å². The summed E-state index contributed by atoms with van der Waals surface area (Å²) in [5.74, 6) is 0.854. The summed E-state index contributed by atoms with van der Waals surface area (Å²) >= 11 is 0. The molecule has 0 atom stereocenters. The van der Waals surface area contributed by atoms with Gasteiger partial charge in [-0.05, 0) is 75.0 Å². The van der Waals surface area contributed by atoms with Gasteiger partial charge < -0.3 is 5.11 Å². The number of imidazole rings is 1. The molecule has 0 aliphatic rings. The average Bonchev–Trinajstić information content (AvgIpc) is 3.57. The largest absolute Gasteiger partial charge is 0.507 e. The molecular formula is C50H44N3OPt-. The summed E-state index contributed by atoms with van der Waals surface area (Å²) < 4.78 is 2.19. The van der Waals surface area contributed by atoms with Crippen LogP contribution in [-0.2, 0) is 31.9 Å². The van der Waals surface area contributed by atoms with E-state index in [0.717, 1.165) is 50.2 Å². The van der Waals surface area contributed by atoms with Crippen LogP contribution in [0.1, 0.15) is 52.7 Å². The molecule has 0 saturated heterocycles. The molecule has 55 heavy (non-hydrogen) atoms. The van der Waals surface area contributed by atoms with E-state index in [1.165, 1.54) is 22.3 Å². The fourth-order valence-electron chi connectivity index (χ4n) is 7.26. The molecule has 0 aliphatic carbocycles. The van der Waals surface area contributed by atoms with Crippen LogP contribution >= 0.6 is 0 Å². The molecule has 276 valence electrons. The van der Waals surface area contributed by atoms with Gasteiger partial charge in [0.15, 0.2) is 0 Å². The van der Waals surface area contributed by atoms with Crippen molar-refractivity contribution in [2.75, 3.05) is 0 Å². The smallest absolute Gasteiger partial charge is 0.148 e. The summed E-state index contributed by atoms with van der Waals surface area (Å²) in [6.07, 6.45) is 1.88. The van der Waals surface area contributed by atoms with Crippen LogP contribution in [-0.4, -0.2) is 19.6 Å². The molecule has 0 fully saturated rings. The molecular weight excluding hydrogens is 854 g/mol. The molecule has 0 radical (unpaired) electrons. The van der Waals surface area contributed by atoms with Gasteiger partial charge in [-0.1, -0.05) is 150 Å². The average molecular weight is 898 g/mol. The number of para-hydroxylation sites is 2. The summed E-state index contributed by atoms with van der Waals surface area (Å²) in [5, 5.41) is 11.3. The Balaban J connectivity index is 0.00000465. The maximum Gasteiger partial charge on any atom is 0.148 e. The molecule has 8 rings (SSSR count). The summed E-state index contributed by atoms with van der Waals surface area (Å²) in [4.78, 5) is 10.2. The third-order valence-corrected chi connectivity index (χ3v) is 10.2. The number of rotatable bonds is 6. The third-order valence-electron chi connectivity index (χ3n) is 10.2. The second-order valence-electron chi connectivity index (χ2n) is 16.0. The molecule has 4 nitrogen and oxygen atoms in total. The molecule has 5 heteroatoms. The van der Waals surface area contributed by atoms with Crippen molar-refractivity contribution in [3.05, 3.63) is 169 Å². The SMILES string of the molecule is CC(C)(C)c1cc(-c2cc(-c3ccccc3)ccn2)[c-]c(-c2cccc3c2nc(-c2ccccc2O)n3-c2ccc(-c3ccccc3)c(C(C)(C)C)c2)c1.[Pt]. The standard InChI is InChI=1S/C50H44N3O.Pt/c1-49(2,3)38-29-36(28-37(30-38)44-31-35(26-27-51-44)33-16-9-7-10-17-33)41-21-15-22-45-47(41)52-48(42-20-13-14-23-46(42)54)53(45)39-24-25-40(34-18-11-8-12-19-34)43(32-39)50(4,5)6;/h7-27,29-32,54H,1-6H3;/q-1;. The maximum atomic E-state index is 11.3. The van der Waals surface area contributed by atoms with Crippen molar-refractivity contribution in [2.45, 2.75) is 52.4 Å². The van der Waals surface area contributed by atoms with Crippen molar-refractivity contribution >= 4 is 11.0 Å². The number of hydrogen-bond donors (Lipinski definition) is 1. The molecule has 0 spiro atoms. The van der Waals surface area contributed by atoms with E-state index < -0.39 is 0 Å². The predicted octanol–water partition coefficient (Wildman–Crippen LogP) is 12.9. The summed E-state index contributed by atoms with van der Waals surface area (Å²) in [6.45, 7) is 13.5. The summed E-state index contributed by atoms with van der Waals surface area (Å²) in [6, 6.07) is 53.9. The molecule has 0 unspecified atom stereocenters. The molecule has 1 N–H and O–H groups in total. The van der Waals surface area contributed by atoms with Crippen molar-refractivity contribution in [2.24, 2.45) is 0 Å². The van der Waals surface area contributed by atoms with Crippen molar-refractivity contribution in [3.8, 4) is 67.5 Å². The zero-order chi connectivity index (χ0) is 37.6. The van der Waals surface area contributed by atoms with Gasteiger partial charge in [-0.25, -0.2) is 4.98 Å². The van der Waals surface area contributed by atoms with Gasteiger partial charge in [-0.2, -0.15) is 0 Å². The van der Waals surface area contributed by atoms with Gasteiger partial charge in [-0.3, -0.25) is 9.55 Å². The minimum atomic E-state index is -0.137. The topological polar surface area (TPSA) is 50.9 Å². The van der Waals surface area contributed by atoms with E-state index in [4.69, 9.17) is 9.97 Å². The van der Waals surface area contributed by atoms with Gasteiger partial charge in [0.1, 0.15) is 11.6 Å². The molecule has 2 heterocycles. The molecule has 6 aromatic carbocycles. The normalized spacial score (nSPS) is 11.7. The third kappa shape index (κ3) is 7.44. The number of aromatic hydroxyl groups is 1. The van der Waals surface area contributed by atoms with Crippen LogP contribution in [0.25, 0.3) is 72.7 Å². The molecule has 0 aliphatic heterocycles. The Labute approximate surface area is 338 Å². The van der Waals surface area contributed by atoms with Crippen LogP contribution in [0.4, 0.5) is 0 Å². The van der Waals surface area contributed by atoms with E-state index in [9.17, 15) is 5.11 Å². The number of phenols is 1. The number of benzene rings is 6. The van der Waals surface area contributed by atoms with E-state index >= 15 is 0 Å². The Morgan fingerprint density at radius 2 is 1.22 bits per heavy atom. The Bertz CT molecular complexity index is 2630. The Kier molecular flexibility index (Phi) is 10.2. The fourth-order valence-corrected chi connectivity index (χ4v) is 7.26. The molecule has 2 aromatic heterocycles. The zero-order valence-electron chi connectivity index (χ0n) is 32.0. The quantitative estimate of drug-likeness (QED) is 0.169. The van der Waals surface area contributed by atoms with Gasteiger partial charge in [0.25, 0.3) is 0 Å².